The van der Waals surface area contributed by atoms with Crippen LogP contribution in [0.15, 0.2) is 82.7 Å². The van der Waals surface area contributed by atoms with Crippen molar-refractivity contribution in [3.63, 3.8) is 0 Å². The van der Waals surface area contributed by atoms with E-state index in [-0.39, 0.29) is 5.91 Å². The molecule has 1 heterocycles. The second-order valence-electron chi connectivity index (χ2n) is 8.01. The van der Waals surface area contributed by atoms with Gasteiger partial charge in [0, 0.05) is 18.8 Å². The van der Waals surface area contributed by atoms with Crippen LogP contribution in [0.4, 0.5) is 11.4 Å². The van der Waals surface area contributed by atoms with Crippen LogP contribution >= 0.6 is 11.8 Å². The maximum Gasteiger partial charge on any atom is 0.264 e. The van der Waals surface area contributed by atoms with Crippen LogP contribution in [-0.2, 0) is 11.4 Å². The quantitative estimate of drug-likeness (QED) is 0.391. The molecule has 0 radical (unpaired) electrons. The molecule has 1 N–H and O–H groups in total. The van der Waals surface area contributed by atoms with Gasteiger partial charge in [-0.2, -0.15) is 0 Å². The number of aliphatic imine (C=N–C) groups is 1. The van der Waals surface area contributed by atoms with Crippen molar-refractivity contribution in [2.75, 3.05) is 18.0 Å². The first-order chi connectivity index (χ1) is 16.5. The summed E-state index contributed by atoms with van der Waals surface area (Å²) in [5.41, 5.74) is 5.28. The van der Waals surface area contributed by atoms with E-state index in [0.717, 1.165) is 35.7 Å². The second-order valence-corrected chi connectivity index (χ2v) is 9.04. The number of amides is 1. The number of nitrogens with one attached hydrogen (secondary N) is 1. The van der Waals surface area contributed by atoms with Gasteiger partial charge in [-0.25, -0.2) is 4.99 Å². The smallest absolute Gasteiger partial charge is 0.264 e. The minimum absolute atomic E-state index is 0.136. The van der Waals surface area contributed by atoms with Crippen LogP contribution in [0.25, 0.3) is 6.08 Å². The largest absolute Gasteiger partial charge is 0.489 e. The number of carbonyl (C=O) groups excluding carboxylic acids is 1. The standard InChI is InChI=1S/C28H29N3O2S/c1-4-31(5-2)24-14-12-23(13-15-24)29-28-30-27(32)26(34-28)18-21-10-16-25(17-11-21)33-19-22-8-6-20(3)7-9-22/h6-18H,4-5,19H2,1-3H3,(H,29,30,32). The number of aryl methyl sites for hydroxylation is 1. The lowest BCUT2D eigenvalue weighted by molar-refractivity contribution is -0.115. The number of ether oxygens (including phenoxy) is 1. The maximum absolute atomic E-state index is 12.4. The summed E-state index contributed by atoms with van der Waals surface area (Å²) in [6, 6.07) is 24.1. The summed E-state index contributed by atoms with van der Waals surface area (Å²) in [6.07, 6.45) is 1.87. The molecule has 1 amide bonds. The van der Waals surface area contributed by atoms with Crippen LogP contribution < -0.4 is 15.0 Å². The van der Waals surface area contributed by atoms with Gasteiger partial charge in [0.2, 0.25) is 0 Å². The minimum Gasteiger partial charge on any atom is -0.489 e. The Labute approximate surface area is 205 Å². The maximum atomic E-state index is 12.4. The zero-order chi connectivity index (χ0) is 23.9. The Balaban J connectivity index is 1.38. The number of carbonyl (C=O) groups is 1. The van der Waals surface area contributed by atoms with Crippen LogP contribution in [0, 0.1) is 6.92 Å². The molecule has 0 aromatic heterocycles. The molecule has 0 atom stereocenters. The van der Waals surface area contributed by atoms with Crippen LogP contribution in [0.5, 0.6) is 5.75 Å². The Kier molecular flexibility index (Phi) is 7.70. The molecule has 34 heavy (non-hydrogen) atoms. The third kappa shape index (κ3) is 6.08. The summed E-state index contributed by atoms with van der Waals surface area (Å²) in [6.45, 7) is 8.80. The lowest BCUT2D eigenvalue weighted by Gasteiger charge is -2.20. The fourth-order valence-electron chi connectivity index (χ4n) is 3.59. The average molecular weight is 472 g/mol. The minimum atomic E-state index is -0.136. The highest BCUT2D eigenvalue weighted by molar-refractivity contribution is 8.18. The molecule has 1 aliphatic rings. The van der Waals surface area contributed by atoms with Crippen molar-refractivity contribution < 1.29 is 9.53 Å². The van der Waals surface area contributed by atoms with Crippen LogP contribution in [0.1, 0.15) is 30.5 Å². The third-order valence-electron chi connectivity index (χ3n) is 5.56. The van der Waals surface area contributed by atoms with Gasteiger partial charge >= 0.3 is 0 Å². The fraction of sp³-hybridized carbons (Fsp3) is 0.214. The van der Waals surface area contributed by atoms with Gasteiger partial charge in [-0.15, -0.1) is 0 Å². The first-order valence-electron chi connectivity index (χ1n) is 11.5. The van der Waals surface area contributed by atoms with Crippen molar-refractivity contribution >= 4 is 40.3 Å². The van der Waals surface area contributed by atoms with E-state index in [1.54, 1.807) is 0 Å². The Morgan fingerprint density at radius 2 is 1.62 bits per heavy atom. The van der Waals surface area contributed by atoms with E-state index >= 15 is 0 Å². The molecule has 0 spiro atoms. The van der Waals surface area contributed by atoms with Crippen LogP contribution in [0.2, 0.25) is 0 Å². The highest BCUT2D eigenvalue weighted by atomic mass is 32.2. The highest BCUT2D eigenvalue weighted by Gasteiger charge is 2.23. The number of amidine groups is 1. The number of hydrogen-bond donors (Lipinski definition) is 1. The molecule has 0 aliphatic carbocycles. The van der Waals surface area contributed by atoms with Crippen molar-refractivity contribution in [1.29, 1.82) is 0 Å². The lowest BCUT2D eigenvalue weighted by atomic mass is 10.1. The molecule has 0 unspecified atom stereocenters. The Bertz CT molecular complexity index is 1180. The zero-order valence-electron chi connectivity index (χ0n) is 19.7. The topological polar surface area (TPSA) is 53.9 Å². The molecule has 6 heteroatoms. The van der Waals surface area contributed by atoms with Gasteiger partial charge in [0.05, 0.1) is 10.6 Å². The molecular formula is C28H29N3O2S. The van der Waals surface area contributed by atoms with Gasteiger partial charge in [0.25, 0.3) is 5.91 Å². The Morgan fingerprint density at radius 1 is 0.941 bits per heavy atom. The number of hydrogen-bond acceptors (Lipinski definition) is 5. The highest BCUT2D eigenvalue weighted by Crippen LogP contribution is 2.29. The van der Waals surface area contributed by atoms with Crippen molar-refractivity contribution in [1.82, 2.24) is 5.32 Å². The van der Waals surface area contributed by atoms with Gasteiger partial charge in [0.15, 0.2) is 5.17 Å². The number of rotatable bonds is 8. The summed E-state index contributed by atoms with van der Waals surface area (Å²) >= 11 is 1.35. The molecule has 4 rings (SSSR count). The molecule has 1 fully saturated rings. The van der Waals surface area contributed by atoms with E-state index < -0.39 is 0 Å². The van der Waals surface area contributed by atoms with E-state index in [2.05, 4.69) is 72.4 Å². The summed E-state index contributed by atoms with van der Waals surface area (Å²) in [7, 11) is 0. The van der Waals surface area contributed by atoms with E-state index in [1.165, 1.54) is 23.0 Å². The first kappa shape index (κ1) is 23.6. The molecular weight excluding hydrogens is 442 g/mol. The summed E-state index contributed by atoms with van der Waals surface area (Å²) in [5.74, 6) is 0.657. The molecule has 1 saturated heterocycles. The van der Waals surface area contributed by atoms with Gasteiger partial charge in [-0.3, -0.25) is 4.79 Å². The van der Waals surface area contributed by atoms with Crippen molar-refractivity contribution in [2.24, 2.45) is 4.99 Å². The predicted octanol–water partition coefficient (Wildman–Crippen LogP) is 6.31. The van der Waals surface area contributed by atoms with Crippen LogP contribution in [0.3, 0.4) is 0 Å². The van der Waals surface area contributed by atoms with Gasteiger partial charge < -0.3 is 15.0 Å². The van der Waals surface area contributed by atoms with Crippen molar-refractivity contribution in [3.8, 4) is 5.75 Å². The zero-order valence-corrected chi connectivity index (χ0v) is 20.6. The Morgan fingerprint density at radius 3 is 2.26 bits per heavy atom. The van der Waals surface area contributed by atoms with E-state index in [4.69, 9.17) is 4.74 Å². The summed E-state index contributed by atoms with van der Waals surface area (Å²) in [4.78, 5) is 19.9. The van der Waals surface area contributed by atoms with Crippen LogP contribution in [-0.4, -0.2) is 24.2 Å². The predicted molar refractivity (Wildman–Crippen MR) is 143 cm³/mol. The van der Waals surface area contributed by atoms with Crippen molar-refractivity contribution in [2.45, 2.75) is 27.4 Å². The van der Waals surface area contributed by atoms with Gasteiger partial charge in [-0.05, 0) is 86.1 Å². The number of nitrogens with zero attached hydrogens (tertiary/aromatic N) is 2. The molecule has 5 nitrogen and oxygen atoms in total. The molecule has 3 aromatic rings. The average Bonchev–Trinajstić information content (AvgIpc) is 3.19. The molecule has 0 saturated carbocycles. The molecule has 174 valence electrons. The Hall–Kier alpha value is -3.51. The second kappa shape index (κ2) is 11.1. The number of anilines is 1. The SMILES string of the molecule is CCN(CC)c1ccc(N=C2NC(=O)C(=Cc3ccc(OCc4ccc(C)cc4)cc3)S2)cc1. The lowest BCUT2D eigenvalue weighted by Crippen LogP contribution is -2.21. The molecule has 0 bridgehead atoms. The number of benzene rings is 3. The van der Waals surface area contributed by atoms with E-state index in [0.29, 0.717) is 16.7 Å². The summed E-state index contributed by atoms with van der Waals surface area (Å²) < 4.78 is 5.87. The number of thioether (sulfide) groups is 1. The van der Waals surface area contributed by atoms with Gasteiger partial charge in [0.1, 0.15) is 12.4 Å². The molecule has 1 aliphatic heterocycles. The summed E-state index contributed by atoms with van der Waals surface area (Å²) in [5, 5.41) is 3.44. The normalized spacial score (nSPS) is 15.6. The van der Waals surface area contributed by atoms with E-state index in [9.17, 15) is 4.79 Å². The molecule has 3 aromatic carbocycles. The van der Waals surface area contributed by atoms with Gasteiger partial charge in [-0.1, -0.05) is 42.0 Å². The fourth-order valence-corrected chi connectivity index (χ4v) is 4.43. The van der Waals surface area contributed by atoms with E-state index in [1.807, 2.05) is 42.5 Å². The first-order valence-corrected chi connectivity index (χ1v) is 12.3. The van der Waals surface area contributed by atoms with Crippen molar-refractivity contribution in [3.05, 3.63) is 94.4 Å². The third-order valence-corrected chi connectivity index (χ3v) is 6.47. The monoisotopic (exact) mass is 471 g/mol.